The van der Waals surface area contributed by atoms with Gasteiger partial charge in [-0.05, 0) is 38.8 Å². The Balaban J connectivity index is 2.58. The molecule has 0 amide bonds. The highest BCUT2D eigenvalue weighted by molar-refractivity contribution is 5.57. The Bertz CT molecular complexity index is 494. The van der Waals surface area contributed by atoms with Crippen molar-refractivity contribution in [3.05, 3.63) is 57.7 Å². The minimum absolute atomic E-state index is 0.190. The number of hydrogen-bond donors (Lipinski definition) is 0. The molecule has 0 heterocycles. The zero-order valence-corrected chi connectivity index (χ0v) is 14.3. The van der Waals surface area contributed by atoms with Gasteiger partial charge in [0.05, 0.1) is 0 Å². The average Bonchev–Trinajstić information content (AvgIpc) is 2.33. The van der Waals surface area contributed by atoms with Gasteiger partial charge in [-0.2, -0.15) is 0 Å². The van der Waals surface area contributed by atoms with Crippen LogP contribution in [0.3, 0.4) is 0 Å². The van der Waals surface area contributed by atoms with Crippen molar-refractivity contribution in [2.45, 2.75) is 55.4 Å². The molecule has 2 rings (SSSR count). The van der Waals surface area contributed by atoms with Gasteiger partial charge in [0.2, 0.25) is 0 Å². The highest BCUT2D eigenvalue weighted by Crippen LogP contribution is 2.43. The predicted molar refractivity (Wildman–Crippen MR) is 89.6 cm³/mol. The maximum atomic E-state index is 2.36. The van der Waals surface area contributed by atoms with Crippen LogP contribution in [0.4, 0.5) is 0 Å². The van der Waals surface area contributed by atoms with Crippen molar-refractivity contribution in [2.24, 2.45) is 10.8 Å². The van der Waals surface area contributed by atoms with Crippen molar-refractivity contribution in [1.82, 2.24) is 0 Å². The maximum absolute atomic E-state index is 2.36. The minimum Gasteiger partial charge on any atom is -0.0630 e. The van der Waals surface area contributed by atoms with Crippen LogP contribution in [0.2, 0.25) is 0 Å². The second-order valence-corrected chi connectivity index (χ2v) is 7.47. The van der Waals surface area contributed by atoms with Gasteiger partial charge in [0, 0.05) is 10.8 Å². The van der Waals surface area contributed by atoms with Crippen LogP contribution in [-0.2, 0) is 0 Å². The van der Waals surface area contributed by atoms with Gasteiger partial charge in [0.1, 0.15) is 0 Å². The van der Waals surface area contributed by atoms with E-state index >= 15 is 0 Å². The third kappa shape index (κ3) is 2.26. The van der Waals surface area contributed by atoms with Crippen LogP contribution in [0.15, 0.2) is 57.7 Å². The lowest BCUT2D eigenvalue weighted by Crippen LogP contribution is -2.20. The quantitative estimate of drug-likeness (QED) is 0.494. The molecule has 0 spiro atoms. The summed E-state index contributed by atoms with van der Waals surface area (Å²) in [6.07, 6.45) is 9.42. The number of hydrogen-bond acceptors (Lipinski definition) is 0. The lowest BCUT2D eigenvalue weighted by molar-refractivity contribution is 0.529. The largest absolute Gasteiger partial charge is 0.0630 e. The molecule has 2 aliphatic rings. The Hall–Kier alpha value is -1.30. The van der Waals surface area contributed by atoms with Gasteiger partial charge in [-0.15, -0.1) is 0 Å². The van der Waals surface area contributed by atoms with Crippen molar-refractivity contribution in [3.63, 3.8) is 0 Å². The van der Waals surface area contributed by atoms with Crippen molar-refractivity contribution in [3.8, 4) is 0 Å². The van der Waals surface area contributed by atoms with Crippen molar-refractivity contribution < 1.29 is 0 Å². The summed E-state index contributed by atoms with van der Waals surface area (Å²) in [7, 11) is 0. The second-order valence-electron chi connectivity index (χ2n) is 7.47. The average molecular weight is 268 g/mol. The molecular formula is C20H28. The summed E-state index contributed by atoms with van der Waals surface area (Å²) in [6.45, 7) is 18.2. The fraction of sp³-hybridized carbons (Fsp3) is 0.500. The lowest BCUT2D eigenvalue weighted by Gasteiger charge is -2.34. The first kappa shape index (κ1) is 15.1. The summed E-state index contributed by atoms with van der Waals surface area (Å²) in [5, 5.41) is 0. The molecule has 0 aromatic rings. The highest BCUT2D eigenvalue weighted by atomic mass is 14.3. The number of rotatable bonds is 0. The van der Waals surface area contributed by atoms with Gasteiger partial charge in [0.15, 0.2) is 0 Å². The Morgan fingerprint density at radius 2 is 0.700 bits per heavy atom. The van der Waals surface area contributed by atoms with Crippen LogP contribution in [0.1, 0.15) is 55.4 Å². The molecule has 108 valence electrons. The van der Waals surface area contributed by atoms with Gasteiger partial charge in [-0.1, -0.05) is 74.3 Å². The second kappa shape index (κ2) is 4.62. The molecule has 20 heavy (non-hydrogen) atoms. The minimum atomic E-state index is 0.190. The molecule has 0 nitrogen and oxygen atoms in total. The molecule has 0 aromatic heterocycles. The summed E-state index contributed by atoms with van der Waals surface area (Å²) in [5.74, 6) is 0. The Morgan fingerprint density at radius 3 is 0.900 bits per heavy atom. The Morgan fingerprint density at radius 1 is 0.500 bits per heavy atom. The van der Waals surface area contributed by atoms with Crippen LogP contribution >= 0.6 is 0 Å². The zero-order chi connectivity index (χ0) is 15.3. The maximum Gasteiger partial charge on any atom is 0.00651 e. The molecule has 0 aliphatic heterocycles. The monoisotopic (exact) mass is 268 g/mol. The molecule has 0 bridgehead atoms. The third-order valence-corrected chi connectivity index (χ3v) is 5.76. The van der Waals surface area contributed by atoms with Crippen LogP contribution in [0, 0.1) is 10.8 Å². The Kier molecular flexibility index (Phi) is 3.48. The third-order valence-electron chi connectivity index (χ3n) is 5.76. The van der Waals surface area contributed by atoms with Crippen molar-refractivity contribution >= 4 is 0 Å². The molecule has 0 atom stereocenters. The van der Waals surface area contributed by atoms with E-state index in [2.05, 4.69) is 79.7 Å². The van der Waals surface area contributed by atoms with E-state index in [0.717, 1.165) is 0 Å². The lowest BCUT2D eigenvalue weighted by atomic mass is 9.71. The standard InChI is InChI=1S/C20H28/c1-13-9-17(10-14(2)19(13,5)6)18-11-15(3)20(7,8)16(4)12-18/h9-12H,1-8H3. The van der Waals surface area contributed by atoms with E-state index in [0.29, 0.717) is 0 Å². The van der Waals surface area contributed by atoms with E-state index in [-0.39, 0.29) is 10.8 Å². The molecule has 0 fully saturated rings. The zero-order valence-electron chi connectivity index (χ0n) is 14.3. The molecule has 0 unspecified atom stereocenters. The topological polar surface area (TPSA) is 0 Å². The van der Waals surface area contributed by atoms with Crippen LogP contribution in [-0.4, -0.2) is 0 Å². The fourth-order valence-electron chi connectivity index (χ4n) is 2.69. The van der Waals surface area contributed by atoms with Crippen LogP contribution in [0.25, 0.3) is 0 Å². The van der Waals surface area contributed by atoms with E-state index in [1.165, 1.54) is 33.4 Å². The van der Waals surface area contributed by atoms with Gasteiger partial charge >= 0.3 is 0 Å². The van der Waals surface area contributed by atoms with E-state index in [1.807, 2.05) is 0 Å². The number of allylic oxidation sites excluding steroid dienone is 10. The van der Waals surface area contributed by atoms with E-state index < -0.39 is 0 Å². The molecule has 2 aliphatic carbocycles. The molecule has 0 radical (unpaired) electrons. The summed E-state index contributed by atoms with van der Waals surface area (Å²) in [4.78, 5) is 0. The molecule has 0 heteroatoms. The van der Waals surface area contributed by atoms with Crippen LogP contribution < -0.4 is 0 Å². The summed E-state index contributed by atoms with van der Waals surface area (Å²) >= 11 is 0. The van der Waals surface area contributed by atoms with Crippen molar-refractivity contribution in [1.29, 1.82) is 0 Å². The molecule has 0 N–H and O–H groups in total. The summed E-state index contributed by atoms with van der Waals surface area (Å²) < 4.78 is 0. The van der Waals surface area contributed by atoms with Gasteiger partial charge < -0.3 is 0 Å². The van der Waals surface area contributed by atoms with E-state index in [9.17, 15) is 0 Å². The first-order chi connectivity index (χ1) is 9.06. The highest BCUT2D eigenvalue weighted by Gasteiger charge is 2.28. The molecule has 0 aromatic carbocycles. The van der Waals surface area contributed by atoms with E-state index in [4.69, 9.17) is 0 Å². The van der Waals surface area contributed by atoms with E-state index in [1.54, 1.807) is 0 Å². The SMILES string of the molecule is CC1=CC(=C2C=C(C)C(C)(C)C(C)=C2)C=C(C)C1(C)C. The summed E-state index contributed by atoms with van der Waals surface area (Å²) in [6, 6.07) is 0. The van der Waals surface area contributed by atoms with Gasteiger partial charge in [-0.3, -0.25) is 0 Å². The summed E-state index contributed by atoms with van der Waals surface area (Å²) in [5.41, 5.74) is 8.88. The normalized spacial score (nSPS) is 24.8. The predicted octanol–water partition coefficient (Wildman–Crippen LogP) is 6.15. The Labute approximate surface area is 124 Å². The fourth-order valence-corrected chi connectivity index (χ4v) is 2.69. The smallest absolute Gasteiger partial charge is 0.00651 e. The van der Waals surface area contributed by atoms with Crippen molar-refractivity contribution in [2.75, 3.05) is 0 Å². The first-order valence-electron chi connectivity index (χ1n) is 7.56. The molecule has 0 saturated carbocycles. The molecule has 0 saturated heterocycles. The van der Waals surface area contributed by atoms with Gasteiger partial charge in [0.25, 0.3) is 0 Å². The molecular weight excluding hydrogens is 240 g/mol. The van der Waals surface area contributed by atoms with Crippen LogP contribution in [0.5, 0.6) is 0 Å². The van der Waals surface area contributed by atoms with Gasteiger partial charge in [-0.25, -0.2) is 0 Å². The first-order valence-corrected chi connectivity index (χ1v) is 7.56.